The number of benzene rings is 2. The summed E-state index contributed by atoms with van der Waals surface area (Å²) in [6.07, 6.45) is 3.63. The molecule has 0 bridgehead atoms. The maximum Gasteiger partial charge on any atom is 0.247 e. The van der Waals surface area contributed by atoms with Gasteiger partial charge in [0.05, 0.1) is 11.2 Å². The lowest BCUT2D eigenvalue weighted by atomic mass is 10.00. The number of rotatable bonds is 5. The van der Waals surface area contributed by atoms with Gasteiger partial charge in [-0.25, -0.2) is 0 Å². The Morgan fingerprint density at radius 1 is 1.17 bits per heavy atom. The maximum atomic E-state index is 11.5. The average molecular weight is 340 g/mol. The fourth-order valence-electron chi connectivity index (χ4n) is 2.58. The van der Waals surface area contributed by atoms with Gasteiger partial charge in [0.15, 0.2) is 0 Å². The average Bonchev–Trinajstić information content (AvgIpc) is 3.07. The Morgan fingerprint density at radius 3 is 2.75 bits per heavy atom. The molecule has 3 aromatic rings. The smallest absolute Gasteiger partial charge is 0.247 e. The molecule has 0 saturated heterocycles. The molecule has 3 rings (SSSR count). The molecule has 0 fully saturated rings. The molecule has 0 unspecified atom stereocenters. The monoisotopic (exact) mass is 339 g/mol. The van der Waals surface area contributed by atoms with E-state index in [4.69, 9.17) is 11.6 Å². The van der Waals surface area contributed by atoms with E-state index in [1.54, 1.807) is 30.5 Å². The van der Waals surface area contributed by atoms with Crippen LogP contribution in [0.2, 0.25) is 5.02 Å². The van der Waals surface area contributed by atoms with Crippen molar-refractivity contribution in [3.63, 3.8) is 0 Å². The molecular weight excluding hydrogens is 326 g/mol. The van der Waals surface area contributed by atoms with E-state index in [1.165, 1.54) is 6.08 Å². The van der Waals surface area contributed by atoms with Gasteiger partial charge in [0.1, 0.15) is 0 Å². The molecule has 1 aromatic heterocycles. The molecule has 2 amide bonds. The van der Waals surface area contributed by atoms with Crippen LogP contribution in [0.4, 0.5) is 11.4 Å². The van der Waals surface area contributed by atoms with E-state index in [2.05, 4.69) is 22.2 Å². The minimum Gasteiger partial charge on any atom is -0.359 e. The van der Waals surface area contributed by atoms with Crippen LogP contribution in [0.3, 0.4) is 0 Å². The van der Waals surface area contributed by atoms with Crippen LogP contribution in [-0.4, -0.2) is 17.3 Å². The fraction of sp³-hybridized carbons (Fsp3) is 0. The number of fused-ring (bicyclic) bond motifs is 1. The molecule has 24 heavy (non-hydrogen) atoms. The van der Waals surface area contributed by atoms with E-state index in [0.29, 0.717) is 22.8 Å². The van der Waals surface area contributed by atoms with Gasteiger partial charge in [-0.05, 0) is 42.0 Å². The number of aromatic amines is 1. The molecule has 2 aromatic carbocycles. The normalized spacial score (nSPS) is 10.4. The van der Waals surface area contributed by atoms with Gasteiger partial charge in [0.25, 0.3) is 0 Å². The van der Waals surface area contributed by atoms with Crippen molar-refractivity contribution in [2.75, 3.05) is 10.6 Å². The van der Waals surface area contributed by atoms with Gasteiger partial charge >= 0.3 is 0 Å². The molecule has 0 spiro atoms. The summed E-state index contributed by atoms with van der Waals surface area (Å²) >= 11 is 6.35. The van der Waals surface area contributed by atoms with E-state index in [-0.39, 0.29) is 5.91 Å². The molecule has 0 aliphatic rings. The van der Waals surface area contributed by atoms with Crippen LogP contribution in [0, 0.1) is 0 Å². The number of nitrogens with one attached hydrogen (secondary N) is 3. The van der Waals surface area contributed by atoms with E-state index in [1.807, 2.05) is 12.1 Å². The second kappa shape index (κ2) is 6.60. The Kier molecular flexibility index (Phi) is 4.35. The lowest BCUT2D eigenvalue weighted by Crippen LogP contribution is -2.07. The van der Waals surface area contributed by atoms with E-state index >= 15 is 0 Å². The number of aromatic nitrogens is 1. The molecule has 3 N–H and O–H groups in total. The van der Waals surface area contributed by atoms with Gasteiger partial charge in [-0.15, -0.1) is 0 Å². The van der Waals surface area contributed by atoms with Crippen molar-refractivity contribution in [3.8, 4) is 11.1 Å². The van der Waals surface area contributed by atoms with E-state index in [0.717, 1.165) is 22.0 Å². The third-order valence-electron chi connectivity index (χ3n) is 3.65. The molecule has 0 radical (unpaired) electrons. The lowest BCUT2D eigenvalue weighted by Gasteiger charge is -2.11. The standard InChI is InChI=1S/C18H14ClN3O2/c1-2-17(24)22-11-3-5-15(19)14(9-11)12-4-6-16(21-10-23)18-13(12)7-8-20-18/h2-10,20H,1H2,(H,21,23)(H,22,24). The Bertz CT molecular complexity index is 947. The predicted octanol–water partition coefficient (Wildman–Crippen LogP) is 4.18. The van der Waals surface area contributed by atoms with Gasteiger partial charge in [-0.3, -0.25) is 9.59 Å². The Labute approximate surface area is 143 Å². The van der Waals surface area contributed by atoms with Crippen LogP contribution >= 0.6 is 11.6 Å². The Morgan fingerprint density at radius 2 is 2.00 bits per heavy atom. The molecule has 0 aliphatic heterocycles. The second-order valence-corrected chi connectivity index (χ2v) is 5.48. The van der Waals surface area contributed by atoms with Crippen molar-refractivity contribution >= 4 is 46.2 Å². The van der Waals surface area contributed by atoms with Gasteiger partial charge in [0, 0.05) is 27.9 Å². The van der Waals surface area contributed by atoms with E-state index < -0.39 is 0 Å². The largest absolute Gasteiger partial charge is 0.359 e. The van der Waals surface area contributed by atoms with Crippen molar-refractivity contribution in [1.82, 2.24) is 4.98 Å². The molecule has 120 valence electrons. The first kappa shape index (κ1) is 15.8. The highest BCUT2D eigenvalue weighted by Crippen LogP contribution is 2.37. The van der Waals surface area contributed by atoms with Gasteiger partial charge < -0.3 is 15.6 Å². The summed E-state index contributed by atoms with van der Waals surface area (Å²) in [6.45, 7) is 3.44. The number of amides is 2. The maximum absolute atomic E-state index is 11.5. The second-order valence-electron chi connectivity index (χ2n) is 5.08. The minimum atomic E-state index is -0.291. The zero-order valence-corrected chi connectivity index (χ0v) is 13.4. The first-order valence-corrected chi connectivity index (χ1v) is 7.55. The number of hydrogen-bond donors (Lipinski definition) is 3. The molecule has 0 atom stereocenters. The first-order chi connectivity index (χ1) is 11.6. The molecular formula is C18H14ClN3O2. The van der Waals surface area contributed by atoms with Crippen molar-refractivity contribution in [3.05, 3.63) is 60.3 Å². The summed E-state index contributed by atoms with van der Waals surface area (Å²) in [7, 11) is 0. The quantitative estimate of drug-likeness (QED) is 0.482. The topological polar surface area (TPSA) is 74.0 Å². The molecule has 1 heterocycles. The predicted molar refractivity (Wildman–Crippen MR) is 97.3 cm³/mol. The first-order valence-electron chi connectivity index (χ1n) is 7.17. The van der Waals surface area contributed by atoms with Crippen LogP contribution in [0.25, 0.3) is 22.0 Å². The van der Waals surface area contributed by atoms with E-state index in [9.17, 15) is 9.59 Å². The summed E-state index contributed by atoms with van der Waals surface area (Å²) in [4.78, 5) is 25.3. The Balaban J connectivity index is 2.13. The highest BCUT2D eigenvalue weighted by Gasteiger charge is 2.12. The number of H-pyrrole nitrogens is 1. The van der Waals surface area contributed by atoms with Crippen LogP contribution in [0.5, 0.6) is 0 Å². The van der Waals surface area contributed by atoms with Crippen molar-refractivity contribution in [2.45, 2.75) is 0 Å². The minimum absolute atomic E-state index is 0.291. The molecule has 6 heteroatoms. The number of halogens is 1. The van der Waals surface area contributed by atoms with Crippen LogP contribution in [0.15, 0.2) is 55.3 Å². The zero-order chi connectivity index (χ0) is 17.1. The highest BCUT2D eigenvalue weighted by atomic mass is 35.5. The van der Waals surface area contributed by atoms with Gasteiger partial charge in [-0.2, -0.15) is 0 Å². The van der Waals surface area contributed by atoms with Crippen LogP contribution < -0.4 is 10.6 Å². The third kappa shape index (κ3) is 2.89. The summed E-state index contributed by atoms with van der Waals surface area (Å²) in [6, 6.07) is 10.8. The third-order valence-corrected chi connectivity index (χ3v) is 3.98. The number of carbonyl (C=O) groups is 2. The van der Waals surface area contributed by atoms with Crippen molar-refractivity contribution in [2.24, 2.45) is 0 Å². The number of anilines is 2. The summed E-state index contributed by atoms with van der Waals surface area (Å²) < 4.78 is 0. The van der Waals surface area contributed by atoms with Crippen LogP contribution in [-0.2, 0) is 9.59 Å². The highest BCUT2D eigenvalue weighted by molar-refractivity contribution is 6.34. The summed E-state index contributed by atoms with van der Waals surface area (Å²) in [5.41, 5.74) is 3.78. The SMILES string of the molecule is C=CC(=O)Nc1ccc(Cl)c(-c2ccc(NC=O)c3[nH]ccc23)c1. The lowest BCUT2D eigenvalue weighted by molar-refractivity contribution is -0.112. The summed E-state index contributed by atoms with van der Waals surface area (Å²) in [5, 5.41) is 6.86. The summed E-state index contributed by atoms with van der Waals surface area (Å²) in [5.74, 6) is -0.291. The van der Waals surface area contributed by atoms with Crippen molar-refractivity contribution in [1.29, 1.82) is 0 Å². The fourth-order valence-corrected chi connectivity index (χ4v) is 2.80. The van der Waals surface area contributed by atoms with Crippen LogP contribution in [0.1, 0.15) is 0 Å². The number of hydrogen-bond acceptors (Lipinski definition) is 2. The number of carbonyl (C=O) groups excluding carboxylic acids is 2. The molecule has 0 saturated carbocycles. The zero-order valence-electron chi connectivity index (χ0n) is 12.6. The van der Waals surface area contributed by atoms with Gasteiger partial charge in [-0.1, -0.05) is 24.2 Å². The van der Waals surface area contributed by atoms with Crippen molar-refractivity contribution < 1.29 is 9.59 Å². The molecule has 5 nitrogen and oxygen atoms in total. The van der Waals surface area contributed by atoms with Gasteiger partial charge in [0.2, 0.25) is 12.3 Å². The Hall–Kier alpha value is -3.05. The molecule has 0 aliphatic carbocycles.